The van der Waals surface area contributed by atoms with Crippen LogP contribution in [0.4, 0.5) is 0 Å². The number of carbonyl (C=O) groups excluding carboxylic acids is 2. The molecule has 2 aliphatic rings. The van der Waals surface area contributed by atoms with Crippen molar-refractivity contribution in [2.24, 2.45) is 5.41 Å². The van der Waals surface area contributed by atoms with Crippen molar-refractivity contribution in [3.8, 4) is 11.1 Å². The highest BCUT2D eigenvalue weighted by molar-refractivity contribution is 5.87. The van der Waals surface area contributed by atoms with Crippen molar-refractivity contribution in [2.75, 3.05) is 19.7 Å². The molecule has 2 aromatic carbocycles. The zero-order chi connectivity index (χ0) is 22.6. The zero-order valence-corrected chi connectivity index (χ0v) is 19.2. The summed E-state index contributed by atoms with van der Waals surface area (Å²) in [5.41, 5.74) is 2.79. The SMILES string of the molecule is CC(C)NC(=O)[C@]1(Cc2ccccc2-c2ccccc2)CCN(C(=O)[C@H]2CCCCO2)C1. The van der Waals surface area contributed by atoms with Gasteiger partial charge >= 0.3 is 0 Å². The summed E-state index contributed by atoms with van der Waals surface area (Å²) in [6.45, 7) is 5.65. The molecule has 170 valence electrons. The van der Waals surface area contributed by atoms with E-state index in [1.54, 1.807) is 0 Å². The van der Waals surface area contributed by atoms with Crippen LogP contribution >= 0.6 is 0 Å². The van der Waals surface area contributed by atoms with Gasteiger partial charge < -0.3 is 15.0 Å². The molecule has 2 aromatic rings. The van der Waals surface area contributed by atoms with Crippen molar-refractivity contribution in [1.82, 2.24) is 10.2 Å². The van der Waals surface area contributed by atoms with E-state index in [9.17, 15) is 9.59 Å². The van der Waals surface area contributed by atoms with E-state index >= 15 is 0 Å². The van der Waals surface area contributed by atoms with Crippen molar-refractivity contribution >= 4 is 11.8 Å². The van der Waals surface area contributed by atoms with Gasteiger partial charge in [-0.3, -0.25) is 9.59 Å². The van der Waals surface area contributed by atoms with E-state index in [2.05, 4.69) is 29.6 Å². The summed E-state index contributed by atoms with van der Waals surface area (Å²) in [4.78, 5) is 28.5. The number of rotatable bonds is 6. The van der Waals surface area contributed by atoms with Crippen LogP contribution in [0.15, 0.2) is 54.6 Å². The molecule has 0 bridgehead atoms. The van der Waals surface area contributed by atoms with Gasteiger partial charge in [-0.1, -0.05) is 54.6 Å². The van der Waals surface area contributed by atoms with Gasteiger partial charge in [-0.05, 0) is 62.6 Å². The monoisotopic (exact) mass is 434 g/mol. The Balaban J connectivity index is 1.61. The summed E-state index contributed by atoms with van der Waals surface area (Å²) in [7, 11) is 0. The van der Waals surface area contributed by atoms with Crippen LogP contribution in [0.5, 0.6) is 0 Å². The molecule has 0 spiro atoms. The van der Waals surface area contributed by atoms with Crippen LogP contribution in [0.1, 0.15) is 45.1 Å². The predicted molar refractivity (Wildman–Crippen MR) is 126 cm³/mol. The van der Waals surface area contributed by atoms with Crippen LogP contribution < -0.4 is 5.32 Å². The van der Waals surface area contributed by atoms with E-state index in [1.807, 2.05) is 49.1 Å². The van der Waals surface area contributed by atoms with Crippen LogP contribution in [-0.2, 0) is 20.7 Å². The lowest BCUT2D eigenvalue weighted by Crippen LogP contribution is -2.48. The molecule has 0 radical (unpaired) electrons. The fourth-order valence-corrected chi connectivity index (χ4v) is 4.96. The Kier molecular flexibility index (Phi) is 6.95. The molecule has 0 saturated carbocycles. The quantitative estimate of drug-likeness (QED) is 0.741. The van der Waals surface area contributed by atoms with Crippen molar-refractivity contribution < 1.29 is 14.3 Å². The average Bonchev–Trinajstić information content (AvgIpc) is 3.25. The van der Waals surface area contributed by atoms with Gasteiger partial charge in [0.25, 0.3) is 5.91 Å². The van der Waals surface area contributed by atoms with Crippen molar-refractivity contribution in [3.63, 3.8) is 0 Å². The molecule has 5 heteroatoms. The van der Waals surface area contributed by atoms with E-state index in [0.29, 0.717) is 32.5 Å². The maximum atomic E-state index is 13.5. The number of ether oxygens (including phenoxy) is 1. The Morgan fingerprint density at radius 2 is 1.84 bits per heavy atom. The summed E-state index contributed by atoms with van der Waals surface area (Å²) in [6.07, 6.45) is 3.72. The zero-order valence-electron chi connectivity index (χ0n) is 19.2. The first-order valence-electron chi connectivity index (χ1n) is 11.8. The summed E-state index contributed by atoms with van der Waals surface area (Å²) in [5, 5.41) is 3.14. The fourth-order valence-electron chi connectivity index (χ4n) is 4.96. The van der Waals surface area contributed by atoms with Crippen molar-refractivity contribution in [2.45, 2.75) is 58.1 Å². The highest BCUT2D eigenvalue weighted by atomic mass is 16.5. The molecule has 2 heterocycles. The smallest absolute Gasteiger partial charge is 0.251 e. The third kappa shape index (κ3) is 4.88. The lowest BCUT2D eigenvalue weighted by atomic mass is 9.78. The standard InChI is InChI=1S/C27H34N2O3/c1-20(2)28-26(31)27(15-16-29(19-27)25(30)24-14-8-9-17-32-24)18-22-12-6-7-13-23(22)21-10-4-3-5-11-21/h3-7,10-13,20,24H,8-9,14-19H2,1-2H3,(H,28,31)/t24-,27+/m1/s1. The third-order valence-corrected chi connectivity index (χ3v) is 6.65. The molecule has 0 aliphatic carbocycles. The number of carbonyl (C=O) groups is 2. The lowest BCUT2D eigenvalue weighted by Gasteiger charge is -2.31. The first-order chi connectivity index (χ1) is 15.5. The minimum Gasteiger partial charge on any atom is -0.368 e. The number of hydrogen-bond acceptors (Lipinski definition) is 3. The Labute approximate surface area is 191 Å². The molecule has 1 N–H and O–H groups in total. The first-order valence-corrected chi connectivity index (χ1v) is 11.8. The molecule has 4 rings (SSSR count). The van der Waals surface area contributed by atoms with Gasteiger partial charge in [0.05, 0.1) is 5.41 Å². The summed E-state index contributed by atoms with van der Waals surface area (Å²) in [5.74, 6) is 0.0792. The Morgan fingerprint density at radius 3 is 2.56 bits per heavy atom. The molecule has 2 saturated heterocycles. The second kappa shape index (κ2) is 9.86. The van der Waals surface area contributed by atoms with Gasteiger partial charge in [-0.2, -0.15) is 0 Å². The highest BCUT2D eigenvalue weighted by Crippen LogP contribution is 2.38. The molecule has 2 amide bonds. The van der Waals surface area contributed by atoms with Gasteiger partial charge in [0.2, 0.25) is 5.91 Å². The molecule has 2 fully saturated rings. The summed E-state index contributed by atoms with van der Waals surface area (Å²) < 4.78 is 5.75. The van der Waals surface area contributed by atoms with Crippen LogP contribution in [0.3, 0.4) is 0 Å². The number of nitrogens with one attached hydrogen (secondary N) is 1. The highest BCUT2D eigenvalue weighted by Gasteiger charge is 2.47. The lowest BCUT2D eigenvalue weighted by molar-refractivity contribution is -0.146. The van der Waals surface area contributed by atoms with Crippen molar-refractivity contribution in [1.29, 1.82) is 0 Å². The minimum absolute atomic E-state index is 0.0372. The normalized spacial score (nSPS) is 23.3. The summed E-state index contributed by atoms with van der Waals surface area (Å²) >= 11 is 0. The van der Waals surface area contributed by atoms with Crippen LogP contribution in [0.2, 0.25) is 0 Å². The second-order valence-corrected chi connectivity index (χ2v) is 9.47. The van der Waals surface area contributed by atoms with Gasteiger partial charge in [-0.25, -0.2) is 0 Å². The topological polar surface area (TPSA) is 58.6 Å². The van der Waals surface area contributed by atoms with Gasteiger partial charge in [0.1, 0.15) is 6.10 Å². The number of amides is 2. The maximum Gasteiger partial charge on any atom is 0.251 e. The first kappa shape index (κ1) is 22.5. The molecule has 2 atom stereocenters. The van der Waals surface area contributed by atoms with Crippen LogP contribution in [0.25, 0.3) is 11.1 Å². The molecular formula is C27H34N2O3. The number of likely N-dealkylation sites (tertiary alicyclic amines) is 1. The van der Waals surface area contributed by atoms with Crippen LogP contribution in [0, 0.1) is 5.41 Å². The minimum atomic E-state index is -0.639. The van der Waals surface area contributed by atoms with Crippen LogP contribution in [-0.4, -0.2) is 48.6 Å². The number of hydrogen-bond donors (Lipinski definition) is 1. The number of benzene rings is 2. The average molecular weight is 435 g/mol. The largest absolute Gasteiger partial charge is 0.368 e. The Bertz CT molecular complexity index is 937. The Morgan fingerprint density at radius 1 is 1.09 bits per heavy atom. The Hall–Kier alpha value is -2.66. The number of nitrogens with zero attached hydrogens (tertiary/aromatic N) is 1. The molecule has 32 heavy (non-hydrogen) atoms. The molecule has 0 aromatic heterocycles. The molecule has 0 unspecified atom stereocenters. The fraction of sp³-hybridized carbons (Fsp3) is 0.481. The van der Waals surface area contributed by atoms with Gasteiger partial charge in [-0.15, -0.1) is 0 Å². The maximum absolute atomic E-state index is 13.5. The van der Waals surface area contributed by atoms with E-state index < -0.39 is 5.41 Å². The van der Waals surface area contributed by atoms with E-state index in [-0.39, 0.29) is 24.0 Å². The predicted octanol–water partition coefficient (Wildman–Crippen LogP) is 4.21. The van der Waals surface area contributed by atoms with E-state index in [4.69, 9.17) is 4.74 Å². The molecule has 5 nitrogen and oxygen atoms in total. The van der Waals surface area contributed by atoms with E-state index in [0.717, 1.165) is 36.0 Å². The van der Waals surface area contributed by atoms with Crippen molar-refractivity contribution in [3.05, 3.63) is 60.2 Å². The van der Waals surface area contributed by atoms with Gasteiger partial charge in [0, 0.05) is 25.7 Å². The molecular weight excluding hydrogens is 400 g/mol. The van der Waals surface area contributed by atoms with E-state index in [1.165, 1.54) is 0 Å². The van der Waals surface area contributed by atoms with Gasteiger partial charge in [0.15, 0.2) is 0 Å². The third-order valence-electron chi connectivity index (χ3n) is 6.65. The second-order valence-electron chi connectivity index (χ2n) is 9.47. The molecule has 2 aliphatic heterocycles. The summed E-state index contributed by atoms with van der Waals surface area (Å²) in [6, 6.07) is 18.6.